The number of carbonyl (C=O) groups excluding carboxylic acids is 1. The molecule has 1 aromatic rings. The molecule has 1 aromatic carbocycles. The molecule has 0 amide bonds. The molecule has 0 spiro atoms. The lowest BCUT2D eigenvalue weighted by molar-refractivity contribution is -0.125. The highest BCUT2D eigenvalue weighted by molar-refractivity contribution is 5.89. The summed E-state index contributed by atoms with van der Waals surface area (Å²) in [4.78, 5) is 12.5. The zero-order chi connectivity index (χ0) is 13.0. The maximum Gasteiger partial charge on any atom is 0.143 e. The van der Waals surface area contributed by atoms with Gasteiger partial charge in [-0.2, -0.15) is 0 Å². The van der Waals surface area contributed by atoms with Crippen LogP contribution in [-0.4, -0.2) is 19.0 Å². The van der Waals surface area contributed by atoms with E-state index in [0.29, 0.717) is 18.1 Å². The Hall–Kier alpha value is -1.15. The molecular formula is C16H22O2. The lowest BCUT2D eigenvalue weighted by Gasteiger charge is -2.28. The Kier molecular flexibility index (Phi) is 4.18. The third-order valence-electron chi connectivity index (χ3n) is 4.01. The van der Waals surface area contributed by atoms with Crippen molar-refractivity contribution in [3.8, 4) is 0 Å². The van der Waals surface area contributed by atoms with Gasteiger partial charge in [0.15, 0.2) is 0 Å². The molecule has 0 aromatic heterocycles. The molecule has 2 nitrogen and oxygen atoms in total. The van der Waals surface area contributed by atoms with Gasteiger partial charge in [0.1, 0.15) is 5.78 Å². The van der Waals surface area contributed by atoms with Crippen LogP contribution in [0.5, 0.6) is 0 Å². The van der Waals surface area contributed by atoms with E-state index in [1.807, 2.05) is 44.2 Å². The van der Waals surface area contributed by atoms with Crippen LogP contribution in [0.3, 0.4) is 0 Å². The van der Waals surface area contributed by atoms with Crippen molar-refractivity contribution >= 4 is 5.78 Å². The van der Waals surface area contributed by atoms with Crippen LogP contribution in [0.1, 0.15) is 38.7 Å². The lowest BCUT2D eigenvalue weighted by Crippen LogP contribution is -2.32. The zero-order valence-corrected chi connectivity index (χ0v) is 11.3. The molecule has 2 heteroatoms. The summed E-state index contributed by atoms with van der Waals surface area (Å²) >= 11 is 0. The molecule has 0 aliphatic carbocycles. The molecule has 1 aliphatic rings. The Bertz CT molecular complexity index is 389. The minimum atomic E-state index is -0.375. The van der Waals surface area contributed by atoms with E-state index >= 15 is 0 Å². The lowest BCUT2D eigenvalue weighted by atomic mass is 9.76. The second-order valence-electron chi connectivity index (χ2n) is 5.67. The van der Waals surface area contributed by atoms with Crippen molar-refractivity contribution in [2.45, 2.75) is 38.5 Å². The highest BCUT2D eigenvalue weighted by atomic mass is 16.5. The summed E-state index contributed by atoms with van der Waals surface area (Å²) in [5, 5.41) is 0. The fraction of sp³-hybridized carbons (Fsp3) is 0.562. The molecule has 2 rings (SSSR count). The normalized spacial score (nSPS) is 17.7. The van der Waals surface area contributed by atoms with Crippen molar-refractivity contribution in [1.82, 2.24) is 0 Å². The number of rotatable bonds is 4. The summed E-state index contributed by atoms with van der Waals surface area (Å²) in [6.45, 7) is 5.68. The van der Waals surface area contributed by atoms with Gasteiger partial charge in [-0.3, -0.25) is 4.79 Å². The Balaban J connectivity index is 2.03. The number of hydrogen-bond donors (Lipinski definition) is 0. The third kappa shape index (κ3) is 2.99. The molecule has 0 saturated carbocycles. The number of Topliss-reactive ketones (excluding diaryl/α,β-unsaturated/α-hetero) is 1. The summed E-state index contributed by atoms with van der Waals surface area (Å²) in [5.41, 5.74) is 0.738. The van der Waals surface area contributed by atoms with E-state index in [9.17, 15) is 4.79 Å². The Morgan fingerprint density at radius 3 is 2.44 bits per heavy atom. The van der Waals surface area contributed by atoms with Crippen molar-refractivity contribution < 1.29 is 9.53 Å². The van der Waals surface area contributed by atoms with Crippen LogP contribution in [-0.2, 0) is 14.9 Å². The molecule has 0 bridgehead atoms. The monoisotopic (exact) mass is 246 g/mol. The first kappa shape index (κ1) is 13.3. The first-order valence-electron chi connectivity index (χ1n) is 6.77. The molecule has 1 heterocycles. The van der Waals surface area contributed by atoms with E-state index in [1.54, 1.807) is 0 Å². The first-order valence-corrected chi connectivity index (χ1v) is 6.77. The van der Waals surface area contributed by atoms with Gasteiger partial charge in [0, 0.05) is 25.0 Å². The molecule has 18 heavy (non-hydrogen) atoms. The Morgan fingerprint density at radius 1 is 1.22 bits per heavy atom. The van der Waals surface area contributed by atoms with Gasteiger partial charge in [0.2, 0.25) is 0 Å². The van der Waals surface area contributed by atoms with Crippen LogP contribution in [0.25, 0.3) is 0 Å². The van der Waals surface area contributed by atoms with Gasteiger partial charge in [-0.05, 0) is 38.2 Å². The molecule has 0 atom stereocenters. The van der Waals surface area contributed by atoms with E-state index in [-0.39, 0.29) is 5.41 Å². The van der Waals surface area contributed by atoms with Gasteiger partial charge in [0.25, 0.3) is 0 Å². The van der Waals surface area contributed by atoms with E-state index < -0.39 is 0 Å². The van der Waals surface area contributed by atoms with Gasteiger partial charge in [-0.15, -0.1) is 0 Å². The molecule has 1 saturated heterocycles. The average Bonchev–Trinajstić information content (AvgIpc) is 2.41. The number of hydrogen-bond acceptors (Lipinski definition) is 2. The van der Waals surface area contributed by atoms with Gasteiger partial charge in [-0.25, -0.2) is 0 Å². The predicted molar refractivity (Wildman–Crippen MR) is 72.6 cm³/mol. The molecule has 1 aliphatic heterocycles. The summed E-state index contributed by atoms with van der Waals surface area (Å²) < 4.78 is 5.34. The Labute approximate surface area is 109 Å². The fourth-order valence-corrected chi connectivity index (χ4v) is 2.48. The second-order valence-corrected chi connectivity index (χ2v) is 5.67. The predicted octanol–water partition coefficient (Wildman–Crippen LogP) is 3.35. The maximum absolute atomic E-state index is 12.5. The molecular weight excluding hydrogens is 224 g/mol. The van der Waals surface area contributed by atoms with Crippen molar-refractivity contribution in [3.05, 3.63) is 35.9 Å². The quantitative estimate of drug-likeness (QED) is 0.814. The van der Waals surface area contributed by atoms with Crippen LogP contribution in [0.4, 0.5) is 0 Å². The summed E-state index contributed by atoms with van der Waals surface area (Å²) in [5.74, 6) is 0.856. The number of ketones is 1. The first-order chi connectivity index (χ1) is 8.60. The molecule has 0 N–H and O–H groups in total. The average molecular weight is 246 g/mol. The second kappa shape index (κ2) is 5.66. The van der Waals surface area contributed by atoms with Gasteiger partial charge < -0.3 is 4.74 Å². The van der Waals surface area contributed by atoms with E-state index in [1.165, 1.54) is 0 Å². The molecule has 0 unspecified atom stereocenters. The highest BCUT2D eigenvalue weighted by Gasteiger charge is 2.31. The molecule has 0 radical (unpaired) electrons. The van der Waals surface area contributed by atoms with E-state index in [0.717, 1.165) is 31.6 Å². The standard InChI is InChI=1S/C16H22O2/c1-16(2,14-6-4-3-5-7-14)15(17)12-13-8-10-18-11-9-13/h3-7,13H,8-12H2,1-2H3. The summed E-state index contributed by atoms with van der Waals surface area (Å²) in [7, 11) is 0. The Morgan fingerprint density at radius 2 is 1.83 bits per heavy atom. The van der Waals surface area contributed by atoms with Gasteiger partial charge in [-0.1, -0.05) is 30.3 Å². The van der Waals surface area contributed by atoms with Crippen molar-refractivity contribution in [2.24, 2.45) is 5.92 Å². The van der Waals surface area contributed by atoms with E-state index in [4.69, 9.17) is 4.74 Å². The largest absolute Gasteiger partial charge is 0.381 e. The number of benzene rings is 1. The SMILES string of the molecule is CC(C)(C(=O)CC1CCOCC1)c1ccccc1. The smallest absolute Gasteiger partial charge is 0.143 e. The zero-order valence-electron chi connectivity index (χ0n) is 11.3. The fourth-order valence-electron chi connectivity index (χ4n) is 2.48. The van der Waals surface area contributed by atoms with Crippen LogP contribution in [0.15, 0.2) is 30.3 Å². The molecule has 98 valence electrons. The highest BCUT2D eigenvalue weighted by Crippen LogP contribution is 2.29. The molecule has 1 fully saturated rings. The third-order valence-corrected chi connectivity index (χ3v) is 4.01. The van der Waals surface area contributed by atoms with Crippen LogP contribution < -0.4 is 0 Å². The topological polar surface area (TPSA) is 26.3 Å². The minimum Gasteiger partial charge on any atom is -0.381 e. The van der Waals surface area contributed by atoms with Crippen molar-refractivity contribution in [2.75, 3.05) is 13.2 Å². The van der Waals surface area contributed by atoms with Crippen LogP contribution >= 0.6 is 0 Å². The minimum absolute atomic E-state index is 0.348. The van der Waals surface area contributed by atoms with Crippen molar-refractivity contribution in [3.63, 3.8) is 0 Å². The summed E-state index contributed by atoms with van der Waals surface area (Å²) in [6.07, 6.45) is 2.73. The van der Waals surface area contributed by atoms with Crippen molar-refractivity contribution in [1.29, 1.82) is 0 Å². The van der Waals surface area contributed by atoms with Gasteiger partial charge in [0.05, 0.1) is 0 Å². The van der Waals surface area contributed by atoms with Crippen LogP contribution in [0, 0.1) is 5.92 Å². The van der Waals surface area contributed by atoms with E-state index in [2.05, 4.69) is 0 Å². The van der Waals surface area contributed by atoms with Crippen LogP contribution in [0.2, 0.25) is 0 Å². The summed E-state index contributed by atoms with van der Waals surface area (Å²) in [6, 6.07) is 10.1. The maximum atomic E-state index is 12.5. The van der Waals surface area contributed by atoms with Gasteiger partial charge >= 0.3 is 0 Å². The number of ether oxygens (including phenoxy) is 1. The number of carbonyl (C=O) groups is 1.